The number of ether oxygens (including phenoxy) is 1. The maximum atomic E-state index is 12.5. The largest absolute Gasteiger partial charge is 0.494 e. The molecule has 1 saturated heterocycles. The average Bonchev–Trinajstić information content (AvgIpc) is 3.03. The van der Waals surface area contributed by atoms with Gasteiger partial charge in [0.05, 0.1) is 13.0 Å². The van der Waals surface area contributed by atoms with Gasteiger partial charge in [-0.05, 0) is 24.6 Å². The monoisotopic (exact) mass is 328 g/mol. The second-order valence-corrected chi connectivity index (χ2v) is 5.96. The molecule has 24 heavy (non-hydrogen) atoms. The molecule has 1 aromatic carbocycles. The highest BCUT2D eigenvalue weighted by molar-refractivity contribution is 5.79. The van der Waals surface area contributed by atoms with Crippen LogP contribution in [0.15, 0.2) is 36.7 Å². The van der Waals surface area contributed by atoms with E-state index in [2.05, 4.69) is 9.88 Å². The van der Waals surface area contributed by atoms with Crippen molar-refractivity contribution in [1.29, 1.82) is 0 Å². The minimum atomic E-state index is 0.179. The van der Waals surface area contributed by atoms with E-state index in [0.29, 0.717) is 13.0 Å². The van der Waals surface area contributed by atoms with Crippen LogP contribution in [-0.4, -0.2) is 53.1 Å². The van der Waals surface area contributed by atoms with E-state index in [1.807, 2.05) is 53.9 Å². The van der Waals surface area contributed by atoms with Gasteiger partial charge in [0.25, 0.3) is 0 Å². The van der Waals surface area contributed by atoms with Crippen molar-refractivity contribution in [3.63, 3.8) is 0 Å². The number of anilines is 1. The molecule has 2 aromatic rings. The smallest absolute Gasteiger partial charge is 0.227 e. The fourth-order valence-corrected chi connectivity index (χ4v) is 2.97. The number of carbonyl (C=O) groups excluding carboxylic acids is 1. The molecule has 0 bridgehead atoms. The summed E-state index contributed by atoms with van der Waals surface area (Å²) in [6.07, 6.45) is 4.19. The molecule has 6 nitrogen and oxygen atoms in total. The molecule has 1 fully saturated rings. The molecule has 0 aliphatic carbocycles. The van der Waals surface area contributed by atoms with Crippen LogP contribution in [0.2, 0.25) is 0 Å². The summed E-state index contributed by atoms with van der Waals surface area (Å²) >= 11 is 0. The highest BCUT2D eigenvalue weighted by atomic mass is 16.5. The van der Waals surface area contributed by atoms with Gasteiger partial charge in [0.1, 0.15) is 5.75 Å². The summed E-state index contributed by atoms with van der Waals surface area (Å²) < 4.78 is 7.44. The van der Waals surface area contributed by atoms with Crippen LogP contribution in [0.4, 0.5) is 5.95 Å². The van der Waals surface area contributed by atoms with Crippen molar-refractivity contribution in [1.82, 2.24) is 14.5 Å². The van der Waals surface area contributed by atoms with Gasteiger partial charge in [-0.2, -0.15) is 0 Å². The Hall–Kier alpha value is -2.50. The number of benzene rings is 1. The first-order valence-corrected chi connectivity index (χ1v) is 8.39. The SMILES string of the molecule is CCOc1ccc(CC(=O)N2CCN(c3nccn3C)CC2)cc1. The van der Waals surface area contributed by atoms with Gasteiger partial charge < -0.3 is 19.1 Å². The first-order chi connectivity index (χ1) is 11.7. The molecule has 128 valence electrons. The number of imidazole rings is 1. The van der Waals surface area contributed by atoms with Crippen LogP contribution in [0.5, 0.6) is 5.75 Å². The highest BCUT2D eigenvalue weighted by Crippen LogP contribution is 2.15. The van der Waals surface area contributed by atoms with Gasteiger partial charge >= 0.3 is 0 Å². The number of hydrogen-bond acceptors (Lipinski definition) is 4. The van der Waals surface area contributed by atoms with Crippen LogP contribution in [0.25, 0.3) is 0 Å². The lowest BCUT2D eigenvalue weighted by atomic mass is 10.1. The Bertz CT molecular complexity index is 673. The van der Waals surface area contributed by atoms with Crippen LogP contribution in [0, 0.1) is 0 Å². The predicted octanol–water partition coefficient (Wildman–Crippen LogP) is 1.71. The fraction of sp³-hybridized carbons (Fsp3) is 0.444. The molecular weight excluding hydrogens is 304 g/mol. The third-order valence-corrected chi connectivity index (χ3v) is 4.30. The zero-order valence-electron chi connectivity index (χ0n) is 14.3. The molecule has 1 amide bonds. The van der Waals surface area contributed by atoms with E-state index in [1.165, 1.54) is 0 Å². The fourth-order valence-electron chi connectivity index (χ4n) is 2.97. The Morgan fingerprint density at radius 1 is 1.17 bits per heavy atom. The molecule has 0 saturated carbocycles. The average molecular weight is 328 g/mol. The number of nitrogens with zero attached hydrogens (tertiary/aromatic N) is 4. The van der Waals surface area contributed by atoms with Crippen molar-refractivity contribution < 1.29 is 9.53 Å². The maximum Gasteiger partial charge on any atom is 0.227 e. The number of piperazine rings is 1. The van der Waals surface area contributed by atoms with Crippen LogP contribution < -0.4 is 9.64 Å². The Morgan fingerprint density at radius 3 is 2.46 bits per heavy atom. The van der Waals surface area contributed by atoms with Gasteiger partial charge in [0.2, 0.25) is 11.9 Å². The van der Waals surface area contributed by atoms with Crippen LogP contribution in [0.1, 0.15) is 12.5 Å². The second-order valence-electron chi connectivity index (χ2n) is 5.96. The first-order valence-electron chi connectivity index (χ1n) is 8.39. The van der Waals surface area contributed by atoms with E-state index in [1.54, 1.807) is 6.20 Å². The minimum absolute atomic E-state index is 0.179. The van der Waals surface area contributed by atoms with E-state index in [0.717, 1.165) is 43.4 Å². The van der Waals surface area contributed by atoms with Gasteiger partial charge in [-0.25, -0.2) is 4.98 Å². The Kier molecular flexibility index (Phi) is 5.03. The molecule has 1 aromatic heterocycles. The summed E-state index contributed by atoms with van der Waals surface area (Å²) in [6.45, 7) is 5.73. The molecular formula is C18H24N4O2. The van der Waals surface area contributed by atoms with Crippen molar-refractivity contribution in [2.45, 2.75) is 13.3 Å². The van der Waals surface area contributed by atoms with Gasteiger partial charge in [0, 0.05) is 45.6 Å². The van der Waals surface area contributed by atoms with Crippen molar-refractivity contribution in [3.05, 3.63) is 42.2 Å². The number of rotatable bonds is 5. The summed E-state index contributed by atoms with van der Waals surface area (Å²) in [6, 6.07) is 7.77. The van der Waals surface area contributed by atoms with Crippen molar-refractivity contribution in [2.24, 2.45) is 7.05 Å². The molecule has 0 unspecified atom stereocenters. The predicted molar refractivity (Wildman–Crippen MR) is 93.3 cm³/mol. The van der Waals surface area contributed by atoms with Gasteiger partial charge in [-0.15, -0.1) is 0 Å². The molecule has 0 atom stereocenters. The van der Waals surface area contributed by atoms with E-state index < -0.39 is 0 Å². The molecule has 2 heterocycles. The highest BCUT2D eigenvalue weighted by Gasteiger charge is 2.23. The van der Waals surface area contributed by atoms with E-state index in [9.17, 15) is 4.79 Å². The van der Waals surface area contributed by atoms with Crippen molar-refractivity contribution in [3.8, 4) is 5.75 Å². The summed E-state index contributed by atoms with van der Waals surface area (Å²) in [5.41, 5.74) is 1.02. The van der Waals surface area contributed by atoms with Crippen molar-refractivity contribution >= 4 is 11.9 Å². The van der Waals surface area contributed by atoms with Gasteiger partial charge in [0.15, 0.2) is 0 Å². The Morgan fingerprint density at radius 2 is 1.88 bits per heavy atom. The number of hydrogen-bond donors (Lipinski definition) is 0. The van der Waals surface area contributed by atoms with E-state index >= 15 is 0 Å². The maximum absolute atomic E-state index is 12.5. The quantitative estimate of drug-likeness (QED) is 0.838. The zero-order valence-corrected chi connectivity index (χ0v) is 14.3. The van der Waals surface area contributed by atoms with Crippen LogP contribution in [0.3, 0.4) is 0 Å². The topological polar surface area (TPSA) is 50.6 Å². The summed E-state index contributed by atoms with van der Waals surface area (Å²) in [7, 11) is 1.99. The third kappa shape index (κ3) is 3.69. The second kappa shape index (κ2) is 7.38. The van der Waals surface area contributed by atoms with Gasteiger partial charge in [-0.3, -0.25) is 4.79 Å². The summed E-state index contributed by atoms with van der Waals surface area (Å²) in [4.78, 5) is 21.0. The molecule has 0 spiro atoms. The summed E-state index contributed by atoms with van der Waals surface area (Å²) in [5, 5.41) is 0. The Labute approximate surface area is 142 Å². The number of aryl methyl sites for hydroxylation is 1. The number of aromatic nitrogens is 2. The normalized spacial score (nSPS) is 14.8. The number of carbonyl (C=O) groups is 1. The zero-order chi connectivity index (χ0) is 16.9. The van der Waals surface area contributed by atoms with E-state index in [-0.39, 0.29) is 5.91 Å². The third-order valence-electron chi connectivity index (χ3n) is 4.30. The Balaban J connectivity index is 1.52. The molecule has 6 heteroatoms. The van der Waals surface area contributed by atoms with Gasteiger partial charge in [-0.1, -0.05) is 12.1 Å². The lowest BCUT2D eigenvalue weighted by molar-refractivity contribution is -0.130. The summed E-state index contributed by atoms with van der Waals surface area (Å²) in [5.74, 6) is 1.99. The van der Waals surface area contributed by atoms with Crippen LogP contribution in [-0.2, 0) is 18.3 Å². The lowest BCUT2D eigenvalue weighted by Crippen LogP contribution is -2.49. The van der Waals surface area contributed by atoms with Crippen molar-refractivity contribution in [2.75, 3.05) is 37.7 Å². The molecule has 1 aliphatic rings. The van der Waals surface area contributed by atoms with Crippen LogP contribution >= 0.6 is 0 Å². The lowest BCUT2D eigenvalue weighted by Gasteiger charge is -2.35. The van der Waals surface area contributed by atoms with E-state index in [4.69, 9.17) is 4.74 Å². The standard InChI is InChI=1S/C18H24N4O2/c1-3-24-16-6-4-15(5-7-16)14-17(23)21-10-12-22(13-11-21)18-19-8-9-20(18)2/h4-9H,3,10-14H2,1-2H3. The molecule has 0 N–H and O–H groups in total. The molecule has 3 rings (SSSR count). The minimum Gasteiger partial charge on any atom is -0.494 e. The molecule has 0 radical (unpaired) electrons. The number of amides is 1. The first kappa shape index (κ1) is 16.4. The molecule has 1 aliphatic heterocycles.